The molecular weight excluding hydrogens is 1080 g/mol. The molecule has 0 spiro atoms. The molecule has 14 nitrogen and oxygen atoms in total. The van der Waals surface area contributed by atoms with Crippen molar-refractivity contribution in [3.63, 3.8) is 0 Å². The number of benzene rings is 8. The van der Waals surface area contributed by atoms with Crippen molar-refractivity contribution in [2.45, 2.75) is 60.8 Å². The topological polar surface area (TPSA) is 188 Å². The van der Waals surface area contributed by atoms with Gasteiger partial charge in [0, 0.05) is 38.8 Å². The molecule has 0 radical (unpaired) electrons. The lowest BCUT2D eigenvalue weighted by molar-refractivity contribution is -0.139. The summed E-state index contributed by atoms with van der Waals surface area (Å²) < 4.78 is 36.8. The van der Waals surface area contributed by atoms with E-state index in [0.29, 0.717) is 79.7 Å². The zero-order valence-electron chi connectivity index (χ0n) is 48.1. The number of carbonyl (C=O) groups is 6. The second-order valence-corrected chi connectivity index (χ2v) is 20.2. The molecule has 0 aliphatic heterocycles. The van der Waals surface area contributed by atoms with E-state index < -0.39 is 35.5 Å². The van der Waals surface area contributed by atoms with E-state index in [4.69, 9.17) is 32.8 Å². The number of aryl methyl sites for hydroxylation is 1. The smallest absolute Gasteiger partial charge is 0.344 e. The first-order valence-electron chi connectivity index (χ1n) is 26.8. The van der Waals surface area contributed by atoms with E-state index in [1.807, 2.05) is 60.7 Å². The van der Waals surface area contributed by atoms with E-state index in [1.165, 1.54) is 17.0 Å². The molecule has 85 heavy (non-hydrogen) atoms. The number of ether oxygens (including phenoxy) is 6. The maximum Gasteiger partial charge on any atom is 0.344 e. The van der Waals surface area contributed by atoms with Gasteiger partial charge in [-0.1, -0.05) is 112 Å². The largest absolute Gasteiger partial charge is 0.462 e. The third-order valence-corrected chi connectivity index (χ3v) is 12.8. The van der Waals surface area contributed by atoms with Crippen LogP contribution in [0.4, 0.5) is 0 Å². The summed E-state index contributed by atoms with van der Waals surface area (Å²) in [5, 5.41) is 8.94. The Bertz CT molecular complexity index is 4200. The van der Waals surface area contributed by atoms with Gasteiger partial charge in [0.05, 0.1) is 12.2 Å². The molecule has 0 bridgehead atoms. The van der Waals surface area contributed by atoms with E-state index in [1.54, 1.807) is 96.1 Å². The van der Waals surface area contributed by atoms with Gasteiger partial charge in [0.1, 0.15) is 34.3 Å². The standard InChI is InChI=1S/C26H26O4.C23H18O6.C22H18O4/c1-17(2)25(27)29-14-6-5-7-19-8-12-23-20(15-19)9-10-21-16-22(11-13-24(21)23)30-26(28)18(3)4;1-13(2)21(24)27-17-7-5-15(6-8-17)19-12-16-11-18(28-22(25)14(3)4)9-10-20(16)29-23(19)26;1-13(2)21(23)25-17-7-9-19-15(11-17)5-6-16-12-18(8-10-20(16)19)26-22(24)14(3)4/h8-13,15-16H,1,3,5-7,14H2,2,4H3;5-12H,1,3H2,2,4H3;5-12H,1,3H2,2,4H3. The predicted molar refractivity (Wildman–Crippen MR) is 332 cm³/mol. The lowest BCUT2D eigenvalue weighted by Gasteiger charge is -2.09. The highest BCUT2D eigenvalue weighted by atomic mass is 16.6. The molecule has 14 heteroatoms. The van der Waals surface area contributed by atoms with Crippen molar-refractivity contribution < 1.29 is 61.6 Å². The summed E-state index contributed by atoms with van der Waals surface area (Å²) >= 11 is 0. The van der Waals surface area contributed by atoms with Gasteiger partial charge in [0.25, 0.3) is 0 Å². The molecule has 0 saturated heterocycles. The first-order chi connectivity index (χ1) is 40.4. The fourth-order valence-corrected chi connectivity index (χ4v) is 8.23. The molecule has 1 heterocycles. The van der Waals surface area contributed by atoms with Crippen LogP contribution in [0.5, 0.6) is 28.7 Å². The molecule has 9 rings (SSSR count). The lowest BCUT2D eigenvalue weighted by atomic mass is 9.98. The molecule has 9 aromatic rings. The van der Waals surface area contributed by atoms with Gasteiger partial charge in [0.2, 0.25) is 0 Å². The Morgan fingerprint density at radius 1 is 0.365 bits per heavy atom. The van der Waals surface area contributed by atoms with Crippen LogP contribution in [0.25, 0.3) is 65.2 Å². The Balaban J connectivity index is 0.000000183. The molecule has 0 atom stereocenters. The van der Waals surface area contributed by atoms with Gasteiger partial charge in [-0.15, -0.1) is 0 Å². The molecule has 0 aliphatic rings. The fraction of sp³-hybridized carbons (Fsp3) is 0.141. The summed E-state index contributed by atoms with van der Waals surface area (Å²) in [7, 11) is 0. The summed E-state index contributed by atoms with van der Waals surface area (Å²) in [6.45, 7) is 31.4. The molecule has 0 unspecified atom stereocenters. The Kier molecular flexibility index (Phi) is 20.3. The number of hydrogen-bond acceptors (Lipinski definition) is 14. The van der Waals surface area contributed by atoms with Crippen molar-refractivity contribution in [1.29, 1.82) is 0 Å². The number of rotatable bonds is 17. The minimum absolute atomic E-state index is 0.276. The van der Waals surface area contributed by atoms with Crippen LogP contribution in [-0.4, -0.2) is 42.4 Å². The van der Waals surface area contributed by atoms with Crippen molar-refractivity contribution in [1.82, 2.24) is 0 Å². The normalized spacial score (nSPS) is 10.6. The SMILES string of the molecule is C=C(C)C(=O)OCCCCc1ccc2c(ccc3cc(OC(=O)C(=C)C)ccc32)c1.C=C(C)C(=O)Oc1ccc(-c2cc3cc(OC(=O)C(=C)C)ccc3oc2=O)cc1.C=C(C)C(=O)Oc1ccc2c(ccc3cc(OC(=O)C(=C)C)ccc32)c1. The van der Waals surface area contributed by atoms with Crippen LogP contribution in [0.1, 0.15) is 59.9 Å². The van der Waals surface area contributed by atoms with E-state index in [2.05, 4.69) is 63.7 Å². The highest BCUT2D eigenvalue weighted by Crippen LogP contribution is 2.33. The maximum atomic E-state index is 12.4. The van der Waals surface area contributed by atoms with Crippen molar-refractivity contribution in [3.05, 3.63) is 234 Å². The minimum atomic E-state index is -0.540. The highest BCUT2D eigenvalue weighted by molar-refractivity contribution is 6.09. The monoisotopic (exact) mass is 1140 g/mol. The van der Waals surface area contributed by atoms with Crippen molar-refractivity contribution in [2.75, 3.05) is 6.61 Å². The van der Waals surface area contributed by atoms with Crippen LogP contribution in [0, 0.1) is 0 Å². The summed E-state index contributed by atoms with van der Waals surface area (Å²) in [6.07, 6.45) is 2.69. The van der Waals surface area contributed by atoms with Gasteiger partial charge in [-0.05, 0) is 188 Å². The number of unbranched alkanes of at least 4 members (excludes halogenated alkanes) is 1. The molecule has 8 aromatic carbocycles. The fourth-order valence-electron chi connectivity index (χ4n) is 8.23. The van der Waals surface area contributed by atoms with Crippen LogP contribution in [-0.2, 0) is 39.9 Å². The van der Waals surface area contributed by atoms with Crippen molar-refractivity contribution in [3.8, 4) is 39.9 Å². The Morgan fingerprint density at radius 3 is 1.11 bits per heavy atom. The van der Waals surface area contributed by atoms with Gasteiger partial charge < -0.3 is 32.8 Å². The third-order valence-electron chi connectivity index (χ3n) is 12.8. The van der Waals surface area contributed by atoms with Crippen molar-refractivity contribution >= 4 is 89.9 Å². The lowest BCUT2D eigenvalue weighted by Crippen LogP contribution is -2.08. The van der Waals surface area contributed by atoms with Gasteiger partial charge in [-0.2, -0.15) is 0 Å². The summed E-state index contributed by atoms with van der Waals surface area (Å²) in [5.41, 5.74) is 4.05. The van der Waals surface area contributed by atoms with Gasteiger partial charge in [-0.3, -0.25) is 0 Å². The second kappa shape index (κ2) is 27.8. The zero-order chi connectivity index (χ0) is 61.6. The van der Waals surface area contributed by atoms with Crippen LogP contribution in [0.2, 0.25) is 0 Å². The summed E-state index contributed by atoms with van der Waals surface area (Å²) in [6, 6.07) is 43.8. The van der Waals surface area contributed by atoms with Crippen LogP contribution >= 0.6 is 0 Å². The Hall–Kier alpha value is -10.7. The second-order valence-electron chi connectivity index (χ2n) is 20.2. The summed E-state index contributed by atoms with van der Waals surface area (Å²) in [4.78, 5) is 82.1. The molecular formula is C71H62O14. The highest BCUT2D eigenvalue weighted by Gasteiger charge is 2.15. The predicted octanol–water partition coefficient (Wildman–Crippen LogP) is 15.3. The molecule has 1 aromatic heterocycles. The number of fused-ring (bicyclic) bond motifs is 7. The molecule has 0 fully saturated rings. The van der Waals surface area contributed by atoms with E-state index >= 15 is 0 Å². The van der Waals surface area contributed by atoms with Crippen LogP contribution in [0.3, 0.4) is 0 Å². The quantitative estimate of drug-likeness (QED) is 0.0209. The first-order valence-corrected chi connectivity index (χ1v) is 26.8. The maximum absolute atomic E-state index is 12.4. The first kappa shape index (κ1) is 61.9. The van der Waals surface area contributed by atoms with Crippen molar-refractivity contribution in [2.24, 2.45) is 0 Å². The molecule has 0 amide bonds. The molecule has 0 aliphatic carbocycles. The number of carbonyl (C=O) groups excluding carboxylic acids is 6. The molecule has 0 saturated carbocycles. The summed E-state index contributed by atoms with van der Waals surface area (Å²) in [5.74, 6) is -0.620. The average Bonchev–Trinajstić information content (AvgIpc) is 2.64. The van der Waals surface area contributed by atoms with Gasteiger partial charge in [0.15, 0.2) is 0 Å². The van der Waals surface area contributed by atoms with E-state index in [-0.39, 0.29) is 17.1 Å². The zero-order valence-corrected chi connectivity index (χ0v) is 48.1. The van der Waals surface area contributed by atoms with Crippen LogP contribution < -0.4 is 29.3 Å². The van der Waals surface area contributed by atoms with Gasteiger partial charge in [-0.25, -0.2) is 33.6 Å². The molecule has 430 valence electrons. The average molecular weight is 1140 g/mol. The Morgan fingerprint density at radius 2 is 0.706 bits per heavy atom. The molecule has 0 N–H and O–H groups in total. The number of hydrogen-bond donors (Lipinski definition) is 0. The Labute approximate surface area is 491 Å². The van der Waals surface area contributed by atoms with E-state index in [9.17, 15) is 33.6 Å². The minimum Gasteiger partial charge on any atom is -0.462 e. The third kappa shape index (κ3) is 16.5. The van der Waals surface area contributed by atoms with Crippen LogP contribution in [0.15, 0.2) is 228 Å². The van der Waals surface area contributed by atoms with E-state index in [0.717, 1.165) is 57.0 Å². The van der Waals surface area contributed by atoms with Gasteiger partial charge >= 0.3 is 41.4 Å². The number of esters is 6.